The van der Waals surface area contributed by atoms with Gasteiger partial charge in [-0.2, -0.15) is 0 Å². The molecule has 0 aromatic rings. The lowest BCUT2D eigenvalue weighted by Gasteiger charge is -2.35. The monoisotopic (exact) mass is 372 g/mol. The molecule has 154 valence electrons. The molecule has 1 aliphatic rings. The van der Waals surface area contributed by atoms with Gasteiger partial charge >= 0.3 is 0 Å². The number of unbranched alkanes of at least 4 members (excludes halogenated alkanes) is 11. The third-order valence-corrected chi connectivity index (χ3v) is 5.09. The van der Waals surface area contributed by atoms with Gasteiger partial charge in [0, 0.05) is 6.61 Å². The van der Waals surface area contributed by atoms with E-state index in [-0.39, 0.29) is 13.2 Å². The summed E-state index contributed by atoms with van der Waals surface area (Å²) >= 11 is 0. The zero-order valence-electron chi connectivity index (χ0n) is 16.4. The van der Waals surface area contributed by atoms with E-state index in [4.69, 9.17) is 9.47 Å². The van der Waals surface area contributed by atoms with Gasteiger partial charge in [0.25, 0.3) is 0 Å². The van der Waals surface area contributed by atoms with Crippen molar-refractivity contribution in [2.24, 2.45) is 0 Å². The van der Waals surface area contributed by atoms with Gasteiger partial charge in [0.1, 0.15) is 24.4 Å². The lowest BCUT2D eigenvalue weighted by atomic mass is 10.0. The number of ether oxygens (including phenoxy) is 2. The van der Waals surface area contributed by atoms with Gasteiger partial charge in [-0.3, -0.25) is 0 Å². The van der Waals surface area contributed by atoms with E-state index >= 15 is 0 Å². The molecule has 4 atom stereocenters. The summed E-state index contributed by atoms with van der Waals surface area (Å²) in [5.74, 6) is 0. The normalized spacial score (nSPS) is 26.1. The van der Waals surface area contributed by atoms with Crippen LogP contribution in [0.5, 0.6) is 0 Å². The average molecular weight is 373 g/mol. The summed E-state index contributed by atoms with van der Waals surface area (Å²) < 4.78 is 10.8. The van der Waals surface area contributed by atoms with Gasteiger partial charge < -0.3 is 24.8 Å². The number of hydrogen-bond acceptors (Lipinski definition) is 5. The molecule has 0 spiro atoms. The van der Waals surface area contributed by atoms with Crippen LogP contribution in [0, 0.1) is 0 Å². The fourth-order valence-corrected chi connectivity index (χ4v) is 3.30. The molecular weight excluding hydrogens is 332 g/mol. The van der Waals surface area contributed by atoms with Gasteiger partial charge in [0.05, 0.1) is 13.2 Å². The topological polar surface area (TPSA) is 79.2 Å². The van der Waals surface area contributed by atoms with Gasteiger partial charge in [-0.15, -0.1) is 6.58 Å². The molecule has 0 radical (unpaired) electrons. The summed E-state index contributed by atoms with van der Waals surface area (Å²) in [4.78, 5) is 0. The lowest BCUT2D eigenvalue weighted by molar-refractivity contribution is -0.199. The molecule has 1 rings (SSSR count). The van der Waals surface area contributed by atoms with Crippen LogP contribution < -0.4 is 0 Å². The molecule has 1 saturated heterocycles. The molecule has 1 heterocycles. The lowest BCUT2D eigenvalue weighted by Crippen LogP contribution is -2.54. The molecule has 1 aliphatic heterocycles. The maximum Gasteiger partial charge on any atom is 0.111 e. The molecule has 0 aromatic heterocycles. The first-order valence-corrected chi connectivity index (χ1v) is 10.5. The minimum Gasteiger partial charge on any atom is -0.388 e. The highest BCUT2D eigenvalue weighted by atomic mass is 16.6. The average Bonchev–Trinajstić information content (AvgIpc) is 2.64. The van der Waals surface area contributed by atoms with Gasteiger partial charge in [-0.05, 0) is 19.3 Å². The molecule has 3 N–H and O–H groups in total. The van der Waals surface area contributed by atoms with E-state index < -0.39 is 24.4 Å². The zero-order chi connectivity index (χ0) is 19.0. The summed E-state index contributed by atoms with van der Waals surface area (Å²) in [7, 11) is 0. The Morgan fingerprint density at radius 1 is 0.808 bits per heavy atom. The fraction of sp³-hybridized carbons (Fsp3) is 0.905. The van der Waals surface area contributed by atoms with Crippen molar-refractivity contribution >= 4 is 0 Å². The van der Waals surface area contributed by atoms with Crippen LogP contribution >= 0.6 is 0 Å². The zero-order valence-corrected chi connectivity index (χ0v) is 16.4. The Bertz CT molecular complexity index is 336. The number of hydrogen-bond donors (Lipinski definition) is 3. The summed E-state index contributed by atoms with van der Waals surface area (Å²) in [6.45, 7) is 4.70. The summed E-state index contributed by atoms with van der Waals surface area (Å²) in [6, 6.07) is 0. The maximum absolute atomic E-state index is 9.80. The summed E-state index contributed by atoms with van der Waals surface area (Å²) in [5.41, 5.74) is 0. The largest absolute Gasteiger partial charge is 0.388 e. The van der Waals surface area contributed by atoms with Crippen LogP contribution in [-0.2, 0) is 9.47 Å². The number of aliphatic hydroxyl groups excluding tert-OH is 3. The molecular formula is C21H40O5. The molecule has 0 aromatic carbocycles. The Hall–Kier alpha value is -0.460. The second-order valence-electron chi connectivity index (χ2n) is 7.46. The molecule has 0 bridgehead atoms. The Balaban J connectivity index is 1.80. The van der Waals surface area contributed by atoms with Crippen LogP contribution in [0.1, 0.15) is 77.0 Å². The molecule has 5 nitrogen and oxygen atoms in total. The van der Waals surface area contributed by atoms with E-state index in [1.165, 1.54) is 57.8 Å². The van der Waals surface area contributed by atoms with Crippen molar-refractivity contribution in [1.29, 1.82) is 0 Å². The quantitative estimate of drug-likeness (QED) is 0.286. The molecule has 0 saturated carbocycles. The highest BCUT2D eigenvalue weighted by Crippen LogP contribution is 2.16. The number of allylic oxidation sites excluding steroid dienone is 1. The van der Waals surface area contributed by atoms with Crippen molar-refractivity contribution in [1.82, 2.24) is 0 Å². The van der Waals surface area contributed by atoms with Crippen LogP contribution in [0.2, 0.25) is 0 Å². The van der Waals surface area contributed by atoms with Crippen LogP contribution in [0.15, 0.2) is 12.7 Å². The van der Waals surface area contributed by atoms with Crippen LogP contribution in [-0.4, -0.2) is 59.6 Å². The van der Waals surface area contributed by atoms with E-state index in [1.54, 1.807) is 0 Å². The second-order valence-corrected chi connectivity index (χ2v) is 7.46. The Kier molecular flexibility index (Phi) is 14.1. The van der Waals surface area contributed by atoms with Crippen molar-refractivity contribution in [3.63, 3.8) is 0 Å². The Morgan fingerprint density at radius 3 is 1.92 bits per heavy atom. The molecule has 26 heavy (non-hydrogen) atoms. The second kappa shape index (κ2) is 15.6. The highest BCUT2D eigenvalue weighted by Gasteiger charge is 2.37. The first-order chi connectivity index (χ1) is 12.7. The third-order valence-electron chi connectivity index (χ3n) is 5.09. The minimum atomic E-state index is -1.15. The maximum atomic E-state index is 9.80. The van der Waals surface area contributed by atoms with Gasteiger partial charge in [0.15, 0.2) is 0 Å². The van der Waals surface area contributed by atoms with E-state index in [0.717, 1.165) is 19.3 Å². The van der Waals surface area contributed by atoms with Crippen molar-refractivity contribution in [3.05, 3.63) is 12.7 Å². The van der Waals surface area contributed by atoms with Gasteiger partial charge in [0.2, 0.25) is 0 Å². The molecule has 0 aliphatic carbocycles. The van der Waals surface area contributed by atoms with Crippen molar-refractivity contribution in [2.75, 3.05) is 19.8 Å². The van der Waals surface area contributed by atoms with Crippen molar-refractivity contribution in [3.8, 4) is 0 Å². The predicted octanol–water partition coefficient (Wildman–Crippen LogP) is 3.35. The van der Waals surface area contributed by atoms with E-state index in [1.807, 2.05) is 6.08 Å². The van der Waals surface area contributed by atoms with Crippen molar-refractivity contribution in [2.45, 2.75) is 101 Å². The summed E-state index contributed by atoms with van der Waals surface area (Å²) in [6.07, 6.45) is 13.5. The van der Waals surface area contributed by atoms with E-state index in [2.05, 4.69) is 6.58 Å². The van der Waals surface area contributed by atoms with E-state index in [9.17, 15) is 15.3 Å². The number of aliphatic hydroxyl groups is 3. The van der Waals surface area contributed by atoms with Gasteiger partial charge in [-0.25, -0.2) is 0 Å². The third kappa shape index (κ3) is 10.6. The molecule has 0 amide bonds. The van der Waals surface area contributed by atoms with E-state index in [0.29, 0.717) is 6.61 Å². The number of rotatable bonds is 16. The summed E-state index contributed by atoms with van der Waals surface area (Å²) in [5, 5.41) is 28.8. The van der Waals surface area contributed by atoms with Crippen molar-refractivity contribution < 1.29 is 24.8 Å². The minimum absolute atomic E-state index is 0.0427. The SMILES string of the molecule is C=CCCCCCCCCCCCCCOC[C@@H]1OC[C@@H](O)[C@H](O)[C@H]1O. The Labute approximate surface area is 159 Å². The first-order valence-electron chi connectivity index (χ1n) is 10.5. The van der Waals surface area contributed by atoms with Gasteiger partial charge in [-0.1, -0.05) is 63.9 Å². The Morgan fingerprint density at radius 2 is 1.35 bits per heavy atom. The fourth-order valence-electron chi connectivity index (χ4n) is 3.30. The van der Waals surface area contributed by atoms with Crippen LogP contribution in [0.4, 0.5) is 0 Å². The molecule has 5 heteroatoms. The standard InChI is InChI=1S/C21H40O5/c1-2-3-4-5-6-7-8-9-10-11-12-13-14-15-25-17-19-21(24)20(23)18(22)16-26-19/h2,18-24H,1,3-17H2/t18-,19+,20+,21+/m1/s1. The molecule has 1 fully saturated rings. The molecule has 0 unspecified atom stereocenters. The predicted molar refractivity (Wildman–Crippen MR) is 104 cm³/mol. The van der Waals surface area contributed by atoms with Crippen LogP contribution in [0.25, 0.3) is 0 Å². The first kappa shape index (κ1) is 23.6. The highest BCUT2D eigenvalue weighted by molar-refractivity contribution is 4.86. The van der Waals surface area contributed by atoms with Crippen LogP contribution in [0.3, 0.4) is 0 Å². The smallest absolute Gasteiger partial charge is 0.111 e.